The number of ketones is 1. The zero-order chi connectivity index (χ0) is 25.1. The molecular formula is C22H30BrNO9. The molecule has 0 bridgehead atoms. The third kappa shape index (κ3) is 7.10. The van der Waals surface area contributed by atoms with Crippen molar-refractivity contribution in [3.8, 4) is 0 Å². The van der Waals surface area contributed by atoms with Crippen LogP contribution in [-0.2, 0) is 38.1 Å². The summed E-state index contributed by atoms with van der Waals surface area (Å²) in [7, 11) is 0. The zero-order valence-electron chi connectivity index (χ0n) is 19.5. The van der Waals surface area contributed by atoms with Gasteiger partial charge in [0.25, 0.3) is 0 Å². The third-order valence-corrected chi connectivity index (χ3v) is 5.97. The highest BCUT2D eigenvalue weighted by molar-refractivity contribution is 9.09. The van der Waals surface area contributed by atoms with E-state index in [1.54, 1.807) is 6.92 Å². The van der Waals surface area contributed by atoms with Crippen molar-refractivity contribution in [2.24, 2.45) is 10.4 Å². The molecule has 11 heteroatoms. The van der Waals surface area contributed by atoms with E-state index in [2.05, 4.69) is 20.9 Å². The molecule has 184 valence electrons. The van der Waals surface area contributed by atoms with Crippen molar-refractivity contribution < 1.29 is 43.2 Å². The molecule has 0 unspecified atom stereocenters. The summed E-state index contributed by atoms with van der Waals surface area (Å²) in [6.45, 7) is 8.69. The standard InChI is InChI=1S/C22H30BrNO9/c1-10(17-14(28)7-22(5,6)8-15(17)29)24-18-20(32-13(4)27)19(31-12(3)26)16(33-21(18)23)9-30-11(2)25/h16,18-21,28H,7-9H2,1-6H3/t16-,18-,19-,20-,21-/m1/s1. The highest BCUT2D eigenvalue weighted by Gasteiger charge is 2.50. The number of carbonyl (C=O) groups is 4. The van der Waals surface area contributed by atoms with Gasteiger partial charge in [0.2, 0.25) is 0 Å². The number of hydrogen-bond acceptors (Lipinski definition) is 10. The summed E-state index contributed by atoms with van der Waals surface area (Å²) in [5.74, 6) is -2.19. The van der Waals surface area contributed by atoms with Crippen molar-refractivity contribution in [3.05, 3.63) is 11.3 Å². The summed E-state index contributed by atoms with van der Waals surface area (Å²) in [6.07, 6.45) is -2.63. The Balaban J connectivity index is 2.46. The summed E-state index contributed by atoms with van der Waals surface area (Å²) in [4.78, 5) is 52.2. The van der Waals surface area contributed by atoms with Gasteiger partial charge in [-0.2, -0.15) is 0 Å². The Hall–Kier alpha value is -2.27. The van der Waals surface area contributed by atoms with Crippen LogP contribution in [0.3, 0.4) is 0 Å². The molecule has 1 heterocycles. The minimum Gasteiger partial charge on any atom is -0.511 e. The van der Waals surface area contributed by atoms with Gasteiger partial charge in [0.1, 0.15) is 29.5 Å². The van der Waals surface area contributed by atoms with Gasteiger partial charge in [-0.25, -0.2) is 0 Å². The number of ether oxygens (including phenoxy) is 4. The normalized spacial score (nSPS) is 30.0. The smallest absolute Gasteiger partial charge is 0.303 e. The lowest BCUT2D eigenvalue weighted by Gasteiger charge is -2.42. The molecule has 0 spiro atoms. The molecule has 0 radical (unpaired) electrons. The van der Waals surface area contributed by atoms with E-state index in [9.17, 15) is 24.3 Å². The van der Waals surface area contributed by atoms with Gasteiger partial charge in [0, 0.05) is 39.3 Å². The average molecular weight is 532 g/mol. The molecule has 1 aliphatic carbocycles. The Morgan fingerprint density at radius 2 is 1.64 bits per heavy atom. The number of hydrogen-bond donors (Lipinski definition) is 1. The van der Waals surface area contributed by atoms with E-state index in [4.69, 9.17) is 18.9 Å². The molecule has 10 nitrogen and oxygen atoms in total. The number of allylic oxidation sites excluding steroid dienone is 2. The van der Waals surface area contributed by atoms with Crippen molar-refractivity contribution in [2.75, 3.05) is 6.61 Å². The van der Waals surface area contributed by atoms with Crippen molar-refractivity contribution in [1.29, 1.82) is 0 Å². The van der Waals surface area contributed by atoms with Gasteiger partial charge in [-0.1, -0.05) is 29.8 Å². The summed E-state index contributed by atoms with van der Waals surface area (Å²) in [6, 6.07) is -0.935. The zero-order valence-corrected chi connectivity index (χ0v) is 21.1. The molecule has 1 N–H and O–H groups in total. The maximum Gasteiger partial charge on any atom is 0.303 e. The van der Waals surface area contributed by atoms with E-state index in [1.165, 1.54) is 20.8 Å². The van der Waals surface area contributed by atoms with Crippen LogP contribution in [0.2, 0.25) is 0 Å². The summed E-state index contributed by atoms with van der Waals surface area (Å²) in [5.41, 5.74) is -0.0218. The van der Waals surface area contributed by atoms with E-state index in [0.29, 0.717) is 6.42 Å². The molecule has 33 heavy (non-hydrogen) atoms. The van der Waals surface area contributed by atoms with Crippen LogP contribution in [-0.4, -0.2) is 70.5 Å². The molecule has 0 amide bonds. The van der Waals surface area contributed by atoms with Crippen LogP contribution in [0.15, 0.2) is 16.3 Å². The molecule has 0 saturated carbocycles. The first-order valence-electron chi connectivity index (χ1n) is 10.5. The van der Waals surface area contributed by atoms with E-state index in [0.717, 1.165) is 0 Å². The van der Waals surface area contributed by atoms with Crippen LogP contribution in [0.25, 0.3) is 0 Å². The molecule has 2 rings (SSSR count). The number of nitrogens with zero attached hydrogens (tertiary/aromatic N) is 1. The van der Waals surface area contributed by atoms with Crippen molar-refractivity contribution in [3.63, 3.8) is 0 Å². The second kappa shape index (κ2) is 10.8. The molecule has 0 aromatic rings. The Bertz CT molecular complexity index is 879. The van der Waals surface area contributed by atoms with Crippen LogP contribution >= 0.6 is 15.9 Å². The lowest BCUT2D eigenvalue weighted by molar-refractivity contribution is -0.207. The molecular weight excluding hydrogens is 502 g/mol. The fourth-order valence-corrected chi connectivity index (χ4v) is 4.69. The number of halogens is 1. The van der Waals surface area contributed by atoms with Gasteiger partial charge in [0.15, 0.2) is 18.0 Å². The van der Waals surface area contributed by atoms with Crippen LogP contribution in [0.4, 0.5) is 0 Å². The average Bonchev–Trinajstić information content (AvgIpc) is 2.62. The van der Waals surface area contributed by atoms with Gasteiger partial charge < -0.3 is 24.1 Å². The van der Waals surface area contributed by atoms with Gasteiger partial charge in [0.05, 0.1) is 5.57 Å². The first-order valence-corrected chi connectivity index (χ1v) is 11.4. The highest BCUT2D eigenvalue weighted by Crippen LogP contribution is 2.37. The SMILES string of the molecule is CC(=O)OC[C@H]1O[C@@H](Br)[C@H](N=C(C)C2=C(O)CC(C)(C)CC2=O)[C@@H](OC(C)=O)[C@@H]1OC(C)=O. The Morgan fingerprint density at radius 1 is 1.06 bits per heavy atom. The van der Waals surface area contributed by atoms with E-state index in [1.807, 2.05) is 13.8 Å². The molecule has 1 fully saturated rings. The number of Topliss-reactive ketones (excluding diaryl/α,β-unsaturated/α-hetero) is 1. The quantitative estimate of drug-likeness (QED) is 0.237. The number of aliphatic hydroxyl groups excluding tert-OH is 1. The minimum atomic E-state index is -1.13. The molecule has 1 aliphatic heterocycles. The predicted octanol–water partition coefficient (Wildman–Crippen LogP) is 2.56. The fraction of sp³-hybridized carbons (Fsp3) is 0.682. The lowest BCUT2D eigenvalue weighted by Crippen LogP contribution is -2.59. The maximum absolute atomic E-state index is 12.7. The molecule has 5 atom stereocenters. The Morgan fingerprint density at radius 3 is 2.15 bits per heavy atom. The van der Waals surface area contributed by atoms with Crippen molar-refractivity contribution in [1.82, 2.24) is 0 Å². The number of aliphatic imine (C=N–C) groups is 1. The topological polar surface area (TPSA) is 138 Å². The summed E-state index contributed by atoms with van der Waals surface area (Å²) in [5, 5.41) is 9.67. The number of aliphatic hydroxyl groups is 1. The monoisotopic (exact) mass is 531 g/mol. The van der Waals surface area contributed by atoms with Crippen LogP contribution in [0.5, 0.6) is 0 Å². The number of carbonyl (C=O) groups excluding carboxylic acids is 4. The largest absolute Gasteiger partial charge is 0.511 e. The van der Waals surface area contributed by atoms with Crippen LogP contribution in [0.1, 0.15) is 54.4 Å². The number of alkyl halides is 1. The van der Waals surface area contributed by atoms with Gasteiger partial charge in [-0.3, -0.25) is 24.2 Å². The highest BCUT2D eigenvalue weighted by atomic mass is 79.9. The Labute approximate surface area is 200 Å². The first-order chi connectivity index (χ1) is 15.2. The lowest BCUT2D eigenvalue weighted by atomic mass is 9.75. The van der Waals surface area contributed by atoms with Gasteiger partial charge in [-0.15, -0.1) is 0 Å². The van der Waals surface area contributed by atoms with E-state index < -0.39 is 47.3 Å². The van der Waals surface area contributed by atoms with E-state index >= 15 is 0 Å². The fourth-order valence-electron chi connectivity index (χ4n) is 4.00. The first kappa shape index (κ1) is 27.0. The molecule has 0 aromatic carbocycles. The third-order valence-electron chi connectivity index (χ3n) is 5.21. The maximum atomic E-state index is 12.7. The predicted molar refractivity (Wildman–Crippen MR) is 120 cm³/mol. The summed E-state index contributed by atoms with van der Waals surface area (Å²) >= 11 is 3.36. The van der Waals surface area contributed by atoms with Crippen LogP contribution in [0, 0.1) is 5.41 Å². The second-order valence-electron chi connectivity index (χ2n) is 8.94. The minimum absolute atomic E-state index is 0.0614. The summed E-state index contributed by atoms with van der Waals surface area (Å²) < 4.78 is 21.7. The van der Waals surface area contributed by atoms with Gasteiger partial charge >= 0.3 is 17.9 Å². The van der Waals surface area contributed by atoms with Crippen molar-refractivity contribution >= 4 is 45.3 Å². The second-order valence-corrected chi connectivity index (χ2v) is 9.85. The van der Waals surface area contributed by atoms with Crippen LogP contribution < -0.4 is 0 Å². The molecule has 0 aromatic heterocycles. The number of rotatable bonds is 6. The Kier molecular flexibility index (Phi) is 8.81. The number of esters is 3. The van der Waals surface area contributed by atoms with Gasteiger partial charge in [-0.05, 0) is 12.3 Å². The molecule has 1 saturated heterocycles. The van der Waals surface area contributed by atoms with E-state index in [-0.39, 0.29) is 41.3 Å². The molecule has 2 aliphatic rings. The van der Waals surface area contributed by atoms with Crippen molar-refractivity contribution in [2.45, 2.75) is 83.8 Å².